The number of rotatable bonds is 6. The first-order valence-electron chi connectivity index (χ1n) is 9.23. The van der Waals surface area contributed by atoms with Crippen molar-refractivity contribution in [1.82, 2.24) is 15.1 Å². The first kappa shape index (κ1) is 21.6. The fraction of sp³-hybridized carbons (Fsp3) is 0.842. The molecule has 0 aromatic carbocycles. The smallest absolute Gasteiger partial charge is 0.246 e. The number of nitrogens with zero attached hydrogens (tertiary/aromatic N) is 2. The van der Waals surface area contributed by atoms with Crippen LogP contribution in [0, 0.1) is 11.3 Å². The molecule has 1 fully saturated rings. The van der Waals surface area contributed by atoms with Crippen molar-refractivity contribution in [2.24, 2.45) is 11.3 Å². The molecule has 144 valence electrons. The van der Waals surface area contributed by atoms with E-state index in [2.05, 4.69) is 10.2 Å². The van der Waals surface area contributed by atoms with Crippen LogP contribution < -0.4 is 5.32 Å². The molecule has 2 amide bonds. The number of carbonyl (C=O) groups is 3. The Balaban J connectivity index is 2.95. The number of likely N-dealkylation sites (tertiary alicyclic amines) is 1. The van der Waals surface area contributed by atoms with Crippen molar-refractivity contribution in [3.05, 3.63) is 0 Å². The van der Waals surface area contributed by atoms with E-state index in [1.807, 2.05) is 41.7 Å². The Morgan fingerprint density at radius 1 is 1.24 bits per heavy atom. The van der Waals surface area contributed by atoms with Crippen LogP contribution in [-0.2, 0) is 14.4 Å². The normalized spacial score (nSPS) is 21.5. The van der Waals surface area contributed by atoms with Crippen LogP contribution in [0.4, 0.5) is 0 Å². The van der Waals surface area contributed by atoms with Crippen LogP contribution in [0.2, 0.25) is 0 Å². The summed E-state index contributed by atoms with van der Waals surface area (Å²) in [5.41, 5.74) is -0.446. The molecular weight excluding hydrogens is 318 g/mol. The minimum absolute atomic E-state index is 0.0206. The van der Waals surface area contributed by atoms with Gasteiger partial charge in [-0.2, -0.15) is 0 Å². The van der Waals surface area contributed by atoms with Crippen molar-refractivity contribution in [2.45, 2.75) is 72.0 Å². The topological polar surface area (TPSA) is 69.7 Å². The Hall–Kier alpha value is -1.43. The molecule has 1 aliphatic rings. The third-order valence-electron chi connectivity index (χ3n) is 5.09. The summed E-state index contributed by atoms with van der Waals surface area (Å²) in [7, 11) is 3.59. The molecule has 1 saturated heterocycles. The second-order valence-electron chi connectivity index (χ2n) is 8.62. The van der Waals surface area contributed by atoms with Gasteiger partial charge in [0.15, 0.2) is 0 Å². The summed E-state index contributed by atoms with van der Waals surface area (Å²) in [6.45, 7) is 10.5. The Morgan fingerprint density at radius 2 is 1.84 bits per heavy atom. The van der Waals surface area contributed by atoms with E-state index in [1.165, 1.54) is 4.90 Å². The second-order valence-corrected chi connectivity index (χ2v) is 8.62. The van der Waals surface area contributed by atoms with Gasteiger partial charge in [0.25, 0.3) is 0 Å². The van der Waals surface area contributed by atoms with Gasteiger partial charge in [-0.1, -0.05) is 41.0 Å². The van der Waals surface area contributed by atoms with E-state index in [0.717, 1.165) is 32.1 Å². The molecule has 3 atom stereocenters. The van der Waals surface area contributed by atoms with Crippen LogP contribution in [0.5, 0.6) is 0 Å². The zero-order valence-electron chi connectivity index (χ0n) is 16.8. The number of hydrogen-bond donors (Lipinski definition) is 1. The lowest BCUT2D eigenvalue weighted by atomic mass is 9.85. The molecule has 0 bridgehead atoms. The zero-order valence-corrected chi connectivity index (χ0v) is 16.8. The average molecular weight is 354 g/mol. The highest BCUT2D eigenvalue weighted by molar-refractivity contribution is 5.91. The molecule has 2 unspecified atom stereocenters. The van der Waals surface area contributed by atoms with Crippen molar-refractivity contribution in [2.75, 3.05) is 20.6 Å². The molecule has 1 aliphatic heterocycles. The second kappa shape index (κ2) is 8.79. The maximum Gasteiger partial charge on any atom is 0.246 e. The average Bonchev–Trinajstić information content (AvgIpc) is 2.51. The lowest BCUT2D eigenvalue weighted by Crippen LogP contribution is -2.60. The predicted molar refractivity (Wildman–Crippen MR) is 99.1 cm³/mol. The van der Waals surface area contributed by atoms with E-state index in [-0.39, 0.29) is 23.8 Å². The molecule has 0 aromatic heterocycles. The maximum atomic E-state index is 13.0. The number of nitrogens with one attached hydrogen (secondary N) is 1. The Bertz CT molecular complexity index is 485. The molecule has 1 rings (SSSR count). The SMILES string of the molecule is CC(C)C(C=O)N(C)C(=O)[C@@H](NC(=O)C1CCCCN1C)C(C)(C)C. The highest BCUT2D eigenvalue weighted by Gasteiger charge is 2.39. The first-order valence-corrected chi connectivity index (χ1v) is 9.23. The highest BCUT2D eigenvalue weighted by atomic mass is 16.2. The number of aldehydes is 1. The van der Waals surface area contributed by atoms with Crippen LogP contribution in [0.25, 0.3) is 0 Å². The molecule has 6 nitrogen and oxygen atoms in total. The minimum atomic E-state index is -0.665. The number of carbonyl (C=O) groups excluding carboxylic acids is 3. The number of hydrogen-bond acceptors (Lipinski definition) is 4. The van der Waals surface area contributed by atoms with Crippen LogP contribution in [-0.4, -0.2) is 66.7 Å². The molecule has 6 heteroatoms. The third kappa shape index (κ3) is 5.53. The van der Waals surface area contributed by atoms with E-state index in [4.69, 9.17) is 0 Å². The fourth-order valence-corrected chi connectivity index (χ4v) is 3.34. The molecular formula is C19H35N3O3. The molecule has 25 heavy (non-hydrogen) atoms. The van der Waals surface area contributed by atoms with E-state index in [1.54, 1.807) is 7.05 Å². The van der Waals surface area contributed by atoms with Gasteiger partial charge in [0, 0.05) is 7.05 Å². The fourth-order valence-electron chi connectivity index (χ4n) is 3.34. The number of amides is 2. The van der Waals surface area contributed by atoms with Gasteiger partial charge in [0.05, 0.1) is 12.1 Å². The monoisotopic (exact) mass is 353 g/mol. The molecule has 1 N–H and O–H groups in total. The van der Waals surface area contributed by atoms with Crippen molar-refractivity contribution in [3.63, 3.8) is 0 Å². The van der Waals surface area contributed by atoms with Gasteiger partial charge < -0.3 is 15.0 Å². The molecule has 0 aromatic rings. The molecule has 0 radical (unpaired) electrons. The number of piperidine rings is 1. The lowest BCUT2D eigenvalue weighted by Gasteiger charge is -2.38. The van der Waals surface area contributed by atoms with Gasteiger partial charge in [-0.05, 0) is 37.8 Å². The van der Waals surface area contributed by atoms with E-state index >= 15 is 0 Å². The summed E-state index contributed by atoms with van der Waals surface area (Å²) in [5.74, 6) is -0.298. The van der Waals surface area contributed by atoms with Gasteiger partial charge in [-0.3, -0.25) is 14.5 Å². The summed E-state index contributed by atoms with van der Waals surface area (Å²) >= 11 is 0. The van der Waals surface area contributed by atoms with Gasteiger partial charge in [-0.25, -0.2) is 0 Å². The summed E-state index contributed by atoms with van der Waals surface area (Å²) in [5, 5.41) is 2.97. The van der Waals surface area contributed by atoms with E-state index in [9.17, 15) is 14.4 Å². The molecule has 0 spiro atoms. The van der Waals surface area contributed by atoms with Gasteiger partial charge in [0.2, 0.25) is 11.8 Å². The summed E-state index contributed by atoms with van der Waals surface area (Å²) in [6.07, 6.45) is 3.74. The summed E-state index contributed by atoms with van der Waals surface area (Å²) in [6, 6.07) is -1.35. The third-order valence-corrected chi connectivity index (χ3v) is 5.09. The standard InChI is InChI=1S/C19H35N3O3/c1-13(2)15(12-23)22(7)18(25)16(19(3,4)5)20-17(24)14-10-8-9-11-21(14)6/h12-16H,8-11H2,1-7H3,(H,20,24)/t14?,15?,16-/m1/s1. The Labute approximate surface area is 152 Å². The lowest BCUT2D eigenvalue weighted by molar-refractivity contribution is -0.143. The van der Waals surface area contributed by atoms with Crippen LogP contribution >= 0.6 is 0 Å². The van der Waals surface area contributed by atoms with Crippen molar-refractivity contribution >= 4 is 18.1 Å². The van der Waals surface area contributed by atoms with Crippen LogP contribution in [0.1, 0.15) is 53.9 Å². The highest BCUT2D eigenvalue weighted by Crippen LogP contribution is 2.24. The molecule has 0 saturated carbocycles. The molecule has 1 heterocycles. The largest absolute Gasteiger partial charge is 0.342 e. The minimum Gasteiger partial charge on any atom is -0.342 e. The van der Waals surface area contributed by atoms with E-state index < -0.39 is 17.5 Å². The first-order chi connectivity index (χ1) is 11.5. The maximum absolute atomic E-state index is 13.0. The van der Waals surface area contributed by atoms with Crippen LogP contribution in [0.15, 0.2) is 0 Å². The van der Waals surface area contributed by atoms with Crippen LogP contribution in [0.3, 0.4) is 0 Å². The summed E-state index contributed by atoms with van der Waals surface area (Å²) < 4.78 is 0. The summed E-state index contributed by atoms with van der Waals surface area (Å²) in [4.78, 5) is 40.7. The quantitative estimate of drug-likeness (QED) is 0.738. The Kier molecular flexibility index (Phi) is 7.60. The van der Waals surface area contributed by atoms with Crippen molar-refractivity contribution in [3.8, 4) is 0 Å². The predicted octanol–water partition coefficient (Wildman–Crippen LogP) is 1.68. The van der Waals surface area contributed by atoms with Gasteiger partial charge in [0.1, 0.15) is 12.3 Å². The number of likely N-dealkylation sites (N-methyl/N-ethyl adjacent to an activating group) is 2. The van der Waals surface area contributed by atoms with Crippen molar-refractivity contribution < 1.29 is 14.4 Å². The zero-order chi connectivity index (χ0) is 19.4. The van der Waals surface area contributed by atoms with E-state index in [0.29, 0.717) is 0 Å². The Morgan fingerprint density at radius 3 is 2.28 bits per heavy atom. The van der Waals surface area contributed by atoms with Gasteiger partial charge >= 0.3 is 0 Å². The molecule has 0 aliphatic carbocycles. The van der Waals surface area contributed by atoms with Gasteiger partial charge in [-0.15, -0.1) is 0 Å². The van der Waals surface area contributed by atoms with Crippen molar-refractivity contribution in [1.29, 1.82) is 0 Å².